The molecule has 0 aliphatic heterocycles. The van der Waals surface area contributed by atoms with Crippen LogP contribution in [0.25, 0.3) is 11.0 Å². The highest BCUT2D eigenvalue weighted by Gasteiger charge is 2.04. The highest BCUT2D eigenvalue weighted by molar-refractivity contribution is 6.33. The highest BCUT2D eigenvalue weighted by Crippen LogP contribution is 2.18. The molecule has 0 unspecified atom stereocenters. The van der Waals surface area contributed by atoms with Gasteiger partial charge in [-0.05, 0) is 6.07 Å². The zero-order chi connectivity index (χ0) is 8.55. The lowest BCUT2D eigenvalue weighted by atomic mass is 10.4. The number of pyridine rings is 1. The van der Waals surface area contributed by atoms with Crippen LogP contribution in [0.4, 0.5) is 0 Å². The van der Waals surface area contributed by atoms with Crippen molar-refractivity contribution in [2.24, 2.45) is 0 Å². The first kappa shape index (κ1) is 7.55. The number of aryl methyl sites for hydroxylation is 1. The summed E-state index contributed by atoms with van der Waals surface area (Å²) in [6.45, 7) is 2.04. The van der Waals surface area contributed by atoms with Gasteiger partial charge in [0.15, 0.2) is 5.15 Å². The molecule has 0 saturated heterocycles. The lowest BCUT2D eigenvalue weighted by Crippen LogP contribution is -1.79. The number of H-pyrrole nitrogens is 1. The molecule has 0 saturated carbocycles. The van der Waals surface area contributed by atoms with Crippen molar-refractivity contribution in [3.8, 4) is 0 Å². The lowest BCUT2D eigenvalue weighted by Gasteiger charge is -1.87. The van der Waals surface area contributed by atoms with Crippen LogP contribution in [-0.2, 0) is 6.42 Å². The summed E-state index contributed by atoms with van der Waals surface area (Å²) in [6.07, 6.45) is 2.55. The largest absolute Gasteiger partial charge is 0.342 e. The van der Waals surface area contributed by atoms with Crippen LogP contribution in [0, 0.1) is 0 Å². The maximum atomic E-state index is 5.83. The number of hydrogen-bond donors (Lipinski definition) is 1. The molecule has 0 amide bonds. The predicted octanol–water partition coefficient (Wildman–Crippen LogP) is 2.17. The molecule has 0 aliphatic carbocycles. The Morgan fingerprint density at radius 2 is 2.42 bits per heavy atom. The summed E-state index contributed by atoms with van der Waals surface area (Å²) in [5.41, 5.74) is 1.71. The minimum atomic E-state index is 0.462. The minimum Gasteiger partial charge on any atom is -0.342 e. The average molecular weight is 182 g/mol. The van der Waals surface area contributed by atoms with E-state index in [1.165, 1.54) is 0 Å². The van der Waals surface area contributed by atoms with E-state index < -0.39 is 0 Å². The molecule has 0 radical (unpaired) electrons. The Balaban J connectivity index is 2.74. The van der Waals surface area contributed by atoms with Gasteiger partial charge >= 0.3 is 0 Å². The Bertz CT molecular complexity index is 408. The second kappa shape index (κ2) is 2.75. The highest BCUT2D eigenvalue weighted by atomic mass is 35.5. The number of hydrogen-bond acceptors (Lipinski definition) is 2. The Kier molecular flexibility index (Phi) is 1.73. The maximum absolute atomic E-state index is 5.83. The van der Waals surface area contributed by atoms with Crippen molar-refractivity contribution < 1.29 is 0 Å². The van der Waals surface area contributed by atoms with Gasteiger partial charge in [-0.15, -0.1) is 0 Å². The van der Waals surface area contributed by atoms with Gasteiger partial charge in [0.2, 0.25) is 0 Å². The summed E-state index contributed by atoms with van der Waals surface area (Å²) in [5, 5.41) is 0.462. The van der Waals surface area contributed by atoms with E-state index in [0.717, 1.165) is 23.3 Å². The van der Waals surface area contributed by atoms with E-state index in [1.54, 1.807) is 6.20 Å². The van der Waals surface area contributed by atoms with Gasteiger partial charge in [-0.1, -0.05) is 18.5 Å². The van der Waals surface area contributed by atoms with Crippen LogP contribution in [0.1, 0.15) is 12.7 Å². The quantitative estimate of drug-likeness (QED) is 0.686. The Labute approximate surface area is 74.8 Å². The lowest BCUT2D eigenvalue weighted by molar-refractivity contribution is 1.00. The first-order valence-corrected chi connectivity index (χ1v) is 4.18. The van der Waals surface area contributed by atoms with Crippen LogP contribution in [0.5, 0.6) is 0 Å². The van der Waals surface area contributed by atoms with Gasteiger partial charge < -0.3 is 4.98 Å². The van der Waals surface area contributed by atoms with Gasteiger partial charge in [0, 0.05) is 12.6 Å². The SMILES string of the molecule is CCc1nc2c(Cl)nccc2[nH]1. The molecular weight excluding hydrogens is 174 g/mol. The minimum absolute atomic E-state index is 0.462. The van der Waals surface area contributed by atoms with Crippen molar-refractivity contribution in [3.63, 3.8) is 0 Å². The molecule has 62 valence electrons. The molecule has 2 rings (SSSR count). The molecule has 0 aromatic carbocycles. The third-order valence-corrected chi connectivity index (χ3v) is 2.02. The van der Waals surface area contributed by atoms with Crippen molar-refractivity contribution in [1.29, 1.82) is 0 Å². The van der Waals surface area contributed by atoms with Crippen LogP contribution in [0.2, 0.25) is 5.15 Å². The van der Waals surface area contributed by atoms with Crippen molar-refractivity contribution in [3.05, 3.63) is 23.2 Å². The van der Waals surface area contributed by atoms with E-state index in [1.807, 2.05) is 13.0 Å². The summed E-state index contributed by atoms with van der Waals surface area (Å²) >= 11 is 5.83. The molecule has 12 heavy (non-hydrogen) atoms. The van der Waals surface area contributed by atoms with E-state index in [0.29, 0.717) is 5.15 Å². The zero-order valence-corrected chi connectivity index (χ0v) is 7.39. The number of aromatic nitrogens is 3. The zero-order valence-electron chi connectivity index (χ0n) is 6.63. The summed E-state index contributed by atoms with van der Waals surface area (Å²) in [4.78, 5) is 11.4. The fourth-order valence-corrected chi connectivity index (χ4v) is 1.32. The monoisotopic (exact) mass is 181 g/mol. The molecule has 0 bridgehead atoms. The van der Waals surface area contributed by atoms with E-state index in [2.05, 4.69) is 15.0 Å². The first-order valence-electron chi connectivity index (χ1n) is 3.80. The molecule has 1 N–H and O–H groups in total. The van der Waals surface area contributed by atoms with Gasteiger partial charge in [0.25, 0.3) is 0 Å². The van der Waals surface area contributed by atoms with E-state index in [4.69, 9.17) is 11.6 Å². The molecule has 2 aromatic rings. The molecule has 0 fully saturated rings. The van der Waals surface area contributed by atoms with Crippen LogP contribution in [0.3, 0.4) is 0 Å². The summed E-state index contributed by atoms with van der Waals surface area (Å²) in [5.74, 6) is 0.944. The number of imidazole rings is 1. The number of nitrogens with zero attached hydrogens (tertiary/aromatic N) is 2. The van der Waals surface area contributed by atoms with Crippen LogP contribution in [0.15, 0.2) is 12.3 Å². The number of rotatable bonds is 1. The van der Waals surface area contributed by atoms with Gasteiger partial charge in [0.1, 0.15) is 11.3 Å². The van der Waals surface area contributed by atoms with Crippen LogP contribution in [-0.4, -0.2) is 15.0 Å². The average Bonchev–Trinajstić information content (AvgIpc) is 2.49. The molecule has 2 heterocycles. The first-order chi connectivity index (χ1) is 5.81. The molecule has 0 aliphatic rings. The third-order valence-electron chi connectivity index (χ3n) is 1.74. The molecule has 0 spiro atoms. The second-order valence-electron chi connectivity index (χ2n) is 2.53. The number of nitrogens with one attached hydrogen (secondary N) is 1. The van der Waals surface area contributed by atoms with Gasteiger partial charge in [0.05, 0.1) is 5.52 Å². The topological polar surface area (TPSA) is 41.6 Å². The fraction of sp³-hybridized carbons (Fsp3) is 0.250. The molecule has 2 aromatic heterocycles. The maximum Gasteiger partial charge on any atom is 0.156 e. The predicted molar refractivity (Wildman–Crippen MR) is 48.3 cm³/mol. The van der Waals surface area contributed by atoms with Gasteiger partial charge in [-0.2, -0.15) is 0 Å². The van der Waals surface area contributed by atoms with Crippen molar-refractivity contribution in [1.82, 2.24) is 15.0 Å². The summed E-state index contributed by atoms with van der Waals surface area (Å²) in [7, 11) is 0. The number of fused-ring (bicyclic) bond motifs is 1. The van der Waals surface area contributed by atoms with E-state index >= 15 is 0 Å². The van der Waals surface area contributed by atoms with Crippen molar-refractivity contribution in [2.75, 3.05) is 0 Å². The van der Waals surface area contributed by atoms with Gasteiger partial charge in [-0.25, -0.2) is 9.97 Å². The van der Waals surface area contributed by atoms with E-state index in [9.17, 15) is 0 Å². The van der Waals surface area contributed by atoms with E-state index in [-0.39, 0.29) is 0 Å². The normalized spacial score (nSPS) is 10.8. The smallest absolute Gasteiger partial charge is 0.156 e. The van der Waals surface area contributed by atoms with Gasteiger partial charge in [-0.3, -0.25) is 0 Å². The summed E-state index contributed by atoms with van der Waals surface area (Å²) < 4.78 is 0. The summed E-state index contributed by atoms with van der Waals surface area (Å²) in [6, 6.07) is 1.87. The Morgan fingerprint density at radius 1 is 1.58 bits per heavy atom. The molecule has 0 atom stereocenters. The van der Waals surface area contributed by atoms with Crippen LogP contribution >= 0.6 is 11.6 Å². The Morgan fingerprint density at radius 3 is 3.08 bits per heavy atom. The third kappa shape index (κ3) is 1.06. The Hall–Kier alpha value is -1.09. The van der Waals surface area contributed by atoms with Crippen LogP contribution < -0.4 is 0 Å². The van der Waals surface area contributed by atoms with Crippen molar-refractivity contribution in [2.45, 2.75) is 13.3 Å². The fourth-order valence-electron chi connectivity index (χ4n) is 1.12. The number of aromatic amines is 1. The molecule has 3 nitrogen and oxygen atoms in total. The molecule has 4 heteroatoms. The number of halogens is 1. The molecular formula is C8H8ClN3. The van der Waals surface area contributed by atoms with Crippen molar-refractivity contribution >= 4 is 22.6 Å². The standard InChI is InChI=1S/C8H8ClN3/c1-2-6-11-5-3-4-10-8(9)7(5)12-6/h3-4H,2H2,1H3,(H,11,12). The second-order valence-corrected chi connectivity index (χ2v) is 2.89.